The van der Waals surface area contributed by atoms with E-state index in [1.807, 2.05) is 0 Å². The van der Waals surface area contributed by atoms with Gasteiger partial charge in [0.1, 0.15) is 5.75 Å². The van der Waals surface area contributed by atoms with E-state index in [0.717, 1.165) is 19.3 Å². The zero-order valence-corrected chi connectivity index (χ0v) is 16.3. The van der Waals surface area contributed by atoms with Gasteiger partial charge in [-0.25, -0.2) is 13.1 Å². The van der Waals surface area contributed by atoms with Crippen LogP contribution >= 0.6 is 0 Å². The van der Waals surface area contributed by atoms with Crippen LogP contribution in [0.25, 0.3) is 0 Å². The standard InChI is InChI=1S/C19H26N2O5S/c1-25-18-5-4-15(12-16(18)19(22)21-6-8-26-9-7-21)27(23,24)20-17-11-13-2-3-14(17)10-13/h4-5,12-14,17,20H,2-3,6-11H2,1H3/t13-,14-,17-/m1/s1. The van der Waals surface area contributed by atoms with Crippen LogP contribution in [0.3, 0.4) is 0 Å². The van der Waals surface area contributed by atoms with Gasteiger partial charge in [-0.05, 0) is 49.3 Å². The minimum Gasteiger partial charge on any atom is -0.496 e. The molecule has 0 spiro atoms. The van der Waals surface area contributed by atoms with Gasteiger partial charge in [0.05, 0.1) is 30.8 Å². The molecule has 0 unspecified atom stereocenters. The lowest BCUT2D eigenvalue weighted by Gasteiger charge is -2.27. The van der Waals surface area contributed by atoms with Gasteiger partial charge in [-0.2, -0.15) is 0 Å². The van der Waals surface area contributed by atoms with Crippen LogP contribution in [0.2, 0.25) is 0 Å². The number of sulfonamides is 1. The van der Waals surface area contributed by atoms with E-state index in [4.69, 9.17) is 9.47 Å². The van der Waals surface area contributed by atoms with Crippen LogP contribution < -0.4 is 9.46 Å². The highest BCUT2D eigenvalue weighted by molar-refractivity contribution is 7.89. The molecular weight excluding hydrogens is 368 g/mol. The summed E-state index contributed by atoms with van der Waals surface area (Å²) in [6.45, 7) is 1.94. The number of fused-ring (bicyclic) bond motifs is 2. The highest BCUT2D eigenvalue weighted by atomic mass is 32.2. The molecule has 4 rings (SSSR count). The average Bonchev–Trinajstić information content (AvgIpc) is 3.30. The van der Waals surface area contributed by atoms with Crippen LogP contribution in [0.5, 0.6) is 5.75 Å². The molecule has 2 saturated carbocycles. The molecule has 0 radical (unpaired) electrons. The quantitative estimate of drug-likeness (QED) is 0.821. The molecule has 3 fully saturated rings. The van der Waals surface area contributed by atoms with E-state index < -0.39 is 10.0 Å². The molecule has 1 aromatic rings. The van der Waals surface area contributed by atoms with E-state index in [0.29, 0.717) is 43.9 Å². The SMILES string of the molecule is COc1ccc(S(=O)(=O)N[C@@H]2C[C@@H]3CC[C@@H]2C3)cc1C(=O)N1CCOCC1. The van der Waals surface area contributed by atoms with Gasteiger partial charge in [-0.3, -0.25) is 4.79 Å². The molecule has 3 atom stereocenters. The number of hydrogen-bond acceptors (Lipinski definition) is 5. The fourth-order valence-corrected chi connectivity index (χ4v) is 5.96. The van der Waals surface area contributed by atoms with Crippen molar-refractivity contribution < 1.29 is 22.7 Å². The highest BCUT2D eigenvalue weighted by Crippen LogP contribution is 2.44. The summed E-state index contributed by atoms with van der Waals surface area (Å²) in [5.41, 5.74) is 0.273. The predicted molar refractivity (Wildman–Crippen MR) is 99.3 cm³/mol. The van der Waals surface area contributed by atoms with Crippen molar-refractivity contribution in [3.8, 4) is 5.75 Å². The lowest BCUT2D eigenvalue weighted by atomic mass is 9.96. The van der Waals surface area contributed by atoms with Crippen molar-refractivity contribution in [2.24, 2.45) is 11.8 Å². The first-order valence-electron chi connectivity index (χ1n) is 9.55. The molecule has 7 nitrogen and oxygen atoms in total. The molecule has 3 aliphatic rings. The third-order valence-corrected chi connectivity index (χ3v) is 7.54. The van der Waals surface area contributed by atoms with Gasteiger partial charge in [0.15, 0.2) is 0 Å². The van der Waals surface area contributed by atoms with Gasteiger partial charge < -0.3 is 14.4 Å². The Bertz CT molecular complexity index is 819. The fourth-order valence-electron chi connectivity index (χ4n) is 4.61. The number of hydrogen-bond donors (Lipinski definition) is 1. The monoisotopic (exact) mass is 394 g/mol. The van der Waals surface area contributed by atoms with Crippen molar-refractivity contribution in [2.75, 3.05) is 33.4 Å². The zero-order valence-electron chi connectivity index (χ0n) is 15.5. The van der Waals surface area contributed by atoms with E-state index in [-0.39, 0.29) is 22.4 Å². The Morgan fingerprint density at radius 3 is 2.63 bits per heavy atom. The van der Waals surface area contributed by atoms with Gasteiger partial charge in [0.25, 0.3) is 5.91 Å². The Balaban J connectivity index is 1.58. The molecule has 1 N–H and O–H groups in total. The molecule has 0 aromatic heterocycles. The number of carbonyl (C=O) groups excluding carboxylic acids is 1. The van der Waals surface area contributed by atoms with Crippen molar-refractivity contribution in [1.29, 1.82) is 0 Å². The number of ether oxygens (including phenoxy) is 2. The van der Waals surface area contributed by atoms with Crippen molar-refractivity contribution in [2.45, 2.75) is 36.6 Å². The summed E-state index contributed by atoms with van der Waals surface area (Å²) in [6.07, 6.45) is 4.35. The second-order valence-corrected chi connectivity index (χ2v) is 9.38. The molecule has 2 bridgehead atoms. The maximum atomic E-state index is 12.9. The molecule has 1 saturated heterocycles. The van der Waals surface area contributed by atoms with Crippen LogP contribution in [0.4, 0.5) is 0 Å². The number of nitrogens with zero attached hydrogens (tertiary/aromatic N) is 1. The molecular formula is C19H26N2O5S. The zero-order chi connectivity index (χ0) is 19.0. The van der Waals surface area contributed by atoms with E-state index in [1.165, 1.54) is 25.7 Å². The Hall–Kier alpha value is -1.64. The predicted octanol–water partition coefficient (Wildman–Crippen LogP) is 1.63. The number of morpholine rings is 1. The molecule has 8 heteroatoms. The molecule has 1 amide bonds. The Labute approximate surface area is 160 Å². The first kappa shape index (κ1) is 18.7. The van der Waals surface area contributed by atoms with E-state index >= 15 is 0 Å². The van der Waals surface area contributed by atoms with Crippen LogP contribution in [0.15, 0.2) is 23.1 Å². The van der Waals surface area contributed by atoms with Crippen molar-refractivity contribution in [3.63, 3.8) is 0 Å². The molecule has 1 aromatic carbocycles. The molecule has 1 aliphatic heterocycles. The van der Waals surface area contributed by atoms with Gasteiger partial charge in [0.2, 0.25) is 10.0 Å². The summed E-state index contributed by atoms with van der Waals surface area (Å²) in [5.74, 6) is 1.24. The summed E-state index contributed by atoms with van der Waals surface area (Å²) >= 11 is 0. The number of methoxy groups -OCH3 is 1. The maximum absolute atomic E-state index is 12.9. The number of benzene rings is 1. The molecule has 148 valence electrons. The second-order valence-electron chi connectivity index (χ2n) is 7.67. The minimum atomic E-state index is -3.68. The topological polar surface area (TPSA) is 84.9 Å². The summed E-state index contributed by atoms with van der Waals surface area (Å²) < 4.78 is 39.3. The first-order chi connectivity index (χ1) is 13.0. The lowest BCUT2D eigenvalue weighted by Crippen LogP contribution is -2.41. The average molecular weight is 394 g/mol. The van der Waals surface area contributed by atoms with Crippen molar-refractivity contribution in [1.82, 2.24) is 9.62 Å². The van der Waals surface area contributed by atoms with Crippen molar-refractivity contribution in [3.05, 3.63) is 23.8 Å². The normalized spacial score (nSPS) is 27.7. The summed E-state index contributed by atoms with van der Waals surface area (Å²) in [6, 6.07) is 4.51. The van der Waals surface area contributed by atoms with Crippen LogP contribution in [0.1, 0.15) is 36.0 Å². The number of carbonyl (C=O) groups is 1. The maximum Gasteiger partial charge on any atom is 0.257 e. The van der Waals surface area contributed by atoms with Gasteiger partial charge in [0, 0.05) is 19.1 Å². The minimum absolute atomic E-state index is 0.00856. The van der Waals surface area contributed by atoms with E-state index in [2.05, 4.69) is 4.72 Å². The van der Waals surface area contributed by atoms with Gasteiger partial charge >= 0.3 is 0 Å². The smallest absolute Gasteiger partial charge is 0.257 e. The third-order valence-electron chi connectivity index (χ3n) is 6.05. The Kier molecular flexibility index (Phi) is 5.13. The van der Waals surface area contributed by atoms with Crippen LogP contribution in [0, 0.1) is 11.8 Å². The van der Waals surface area contributed by atoms with E-state index in [9.17, 15) is 13.2 Å². The summed E-state index contributed by atoms with van der Waals surface area (Å²) in [5, 5.41) is 0. The van der Waals surface area contributed by atoms with Crippen LogP contribution in [-0.4, -0.2) is 58.7 Å². The second kappa shape index (κ2) is 7.41. The largest absolute Gasteiger partial charge is 0.496 e. The third kappa shape index (κ3) is 3.70. The van der Waals surface area contributed by atoms with E-state index in [1.54, 1.807) is 11.0 Å². The number of rotatable bonds is 5. The van der Waals surface area contributed by atoms with Crippen molar-refractivity contribution >= 4 is 15.9 Å². The molecule has 27 heavy (non-hydrogen) atoms. The first-order valence-corrected chi connectivity index (χ1v) is 11.0. The molecule has 2 aliphatic carbocycles. The molecule has 1 heterocycles. The Morgan fingerprint density at radius 2 is 2.00 bits per heavy atom. The lowest BCUT2D eigenvalue weighted by molar-refractivity contribution is 0.0300. The van der Waals surface area contributed by atoms with Gasteiger partial charge in [-0.15, -0.1) is 0 Å². The number of nitrogens with one attached hydrogen (secondary N) is 1. The fraction of sp³-hybridized carbons (Fsp3) is 0.632. The summed E-state index contributed by atoms with van der Waals surface area (Å²) in [7, 11) is -2.20. The summed E-state index contributed by atoms with van der Waals surface area (Å²) in [4.78, 5) is 14.7. The Morgan fingerprint density at radius 1 is 1.22 bits per heavy atom. The number of amides is 1. The van der Waals surface area contributed by atoms with Crippen LogP contribution in [-0.2, 0) is 14.8 Å². The highest BCUT2D eigenvalue weighted by Gasteiger charge is 2.41. The van der Waals surface area contributed by atoms with Gasteiger partial charge in [-0.1, -0.05) is 6.42 Å².